The third-order valence-corrected chi connectivity index (χ3v) is 4.62. The predicted octanol–water partition coefficient (Wildman–Crippen LogP) is 3.66. The summed E-state index contributed by atoms with van der Waals surface area (Å²) in [4.78, 5) is 17.6. The fourth-order valence-corrected chi connectivity index (χ4v) is 3.34. The maximum atomic E-state index is 13.4. The molecule has 1 aromatic heterocycles. The zero-order valence-corrected chi connectivity index (χ0v) is 13.8. The SMILES string of the molecule is O=C(CCOc1ccccc1)N1CCc2[nH]c3cc(F)ccc3c2C1. The van der Waals surface area contributed by atoms with E-state index >= 15 is 0 Å². The molecule has 1 aliphatic heterocycles. The quantitative estimate of drug-likeness (QED) is 0.789. The number of halogens is 1. The van der Waals surface area contributed by atoms with E-state index in [1.54, 1.807) is 6.07 Å². The number of fused-ring (bicyclic) bond motifs is 3. The van der Waals surface area contributed by atoms with Gasteiger partial charge in [-0.2, -0.15) is 0 Å². The molecule has 0 spiro atoms. The number of hydrogen-bond donors (Lipinski definition) is 1. The number of H-pyrrole nitrogens is 1. The molecule has 0 aliphatic carbocycles. The monoisotopic (exact) mass is 338 g/mol. The summed E-state index contributed by atoms with van der Waals surface area (Å²) in [5.41, 5.74) is 3.00. The molecule has 0 atom stereocenters. The second-order valence-corrected chi connectivity index (χ2v) is 6.25. The van der Waals surface area contributed by atoms with Crippen molar-refractivity contribution in [2.45, 2.75) is 19.4 Å². The molecule has 0 saturated carbocycles. The van der Waals surface area contributed by atoms with E-state index in [9.17, 15) is 9.18 Å². The second kappa shape index (κ2) is 6.59. The summed E-state index contributed by atoms with van der Waals surface area (Å²) in [7, 11) is 0. The number of carbonyl (C=O) groups excluding carboxylic acids is 1. The third kappa shape index (κ3) is 3.22. The standard InChI is InChI=1S/C20H19FN2O2/c21-14-6-7-16-17-13-23(10-8-18(17)22-19(16)12-14)20(24)9-11-25-15-4-2-1-3-5-15/h1-7,12,22H,8-11,13H2. The van der Waals surface area contributed by atoms with E-state index in [0.717, 1.165) is 34.3 Å². The predicted molar refractivity (Wildman–Crippen MR) is 93.9 cm³/mol. The number of amides is 1. The van der Waals surface area contributed by atoms with Crippen LogP contribution in [0.2, 0.25) is 0 Å². The van der Waals surface area contributed by atoms with E-state index in [1.165, 1.54) is 12.1 Å². The van der Waals surface area contributed by atoms with E-state index < -0.39 is 0 Å². The Morgan fingerprint density at radius 2 is 2.04 bits per heavy atom. The largest absolute Gasteiger partial charge is 0.493 e. The molecule has 2 aromatic carbocycles. The number of ether oxygens (including phenoxy) is 1. The minimum atomic E-state index is -0.253. The highest BCUT2D eigenvalue weighted by atomic mass is 19.1. The van der Waals surface area contributed by atoms with E-state index in [0.29, 0.717) is 26.1 Å². The molecule has 25 heavy (non-hydrogen) atoms. The van der Waals surface area contributed by atoms with Crippen LogP contribution in [-0.2, 0) is 17.8 Å². The first kappa shape index (κ1) is 15.7. The summed E-state index contributed by atoms with van der Waals surface area (Å²) < 4.78 is 19.0. The molecular formula is C20H19FN2O2. The van der Waals surface area contributed by atoms with Gasteiger partial charge in [0, 0.05) is 41.7 Å². The van der Waals surface area contributed by atoms with E-state index in [1.807, 2.05) is 35.2 Å². The van der Waals surface area contributed by atoms with Crippen LogP contribution in [0.3, 0.4) is 0 Å². The molecule has 1 amide bonds. The average Bonchev–Trinajstić information content (AvgIpc) is 2.99. The number of benzene rings is 2. The number of para-hydroxylation sites is 1. The van der Waals surface area contributed by atoms with Crippen LogP contribution in [0.4, 0.5) is 4.39 Å². The molecule has 0 radical (unpaired) electrons. The molecule has 1 N–H and O–H groups in total. The van der Waals surface area contributed by atoms with Crippen LogP contribution in [0.1, 0.15) is 17.7 Å². The fourth-order valence-electron chi connectivity index (χ4n) is 3.34. The lowest BCUT2D eigenvalue weighted by Gasteiger charge is -2.27. The summed E-state index contributed by atoms with van der Waals surface area (Å²) in [6, 6.07) is 14.2. The van der Waals surface area contributed by atoms with E-state index in [4.69, 9.17) is 4.74 Å². The Hall–Kier alpha value is -2.82. The zero-order chi connectivity index (χ0) is 17.2. The number of carbonyl (C=O) groups is 1. The average molecular weight is 338 g/mol. The van der Waals surface area contributed by atoms with Gasteiger partial charge in [-0.1, -0.05) is 18.2 Å². The molecule has 0 saturated heterocycles. The molecule has 0 fully saturated rings. The van der Waals surface area contributed by atoms with Crippen LogP contribution in [0.15, 0.2) is 48.5 Å². The number of nitrogens with one attached hydrogen (secondary N) is 1. The van der Waals surface area contributed by atoms with Crippen LogP contribution in [0.5, 0.6) is 5.75 Å². The fraction of sp³-hybridized carbons (Fsp3) is 0.250. The molecule has 0 unspecified atom stereocenters. The highest BCUT2D eigenvalue weighted by molar-refractivity contribution is 5.86. The lowest BCUT2D eigenvalue weighted by atomic mass is 10.0. The second-order valence-electron chi connectivity index (χ2n) is 6.25. The highest BCUT2D eigenvalue weighted by Crippen LogP contribution is 2.28. The van der Waals surface area contributed by atoms with Gasteiger partial charge in [0.05, 0.1) is 13.0 Å². The summed E-state index contributed by atoms with van der Waals surface area (Å²) in [6.07, 6.45) is 1.11. The minimum absolute atomic E-state index is 0.0815. The van der Waals surface area contributed by atoms with Gasteiger partial charge in [0.2, 0.25) is 5.91 Å². The molecule has 3 aromatic rings. The minimum Gasteiger partial charge on any atom is -0.493 e. The van der Waals surface area contributed by atoms with Crippen molar-refractivity contribution in [1.82, 2.24) is 9.88 Å². The van der Waals surface area contributed by atoms with Gasteiger partial charge in [0.1, 0.15) is 11.6 Å². The molecule has 1 aliphatic rings. The Balaban J connectivity index is 1.41. The van der Waals surface area contributed by atoms with Crippen molar-refractivity contribution in [2.75, 3.05) is 13.2 Å². The molecule has 2 heterocycles. The molecule has 4 nitrogen and oxygen atoms in total. The number of aromatic nitrogens is 1. The van der Waals surface area contributed by atoms with Crippen molar-refractivity contribution in [2.24, 2.45) is 0 Å². The Morgan fingerprint density at radius 1 is 1.20 bits per heavy atom. The van der Waals surface area contributed by atoms with Crippen LogP contribution < -0.4 is 4.74 Å². The van der Waals surface area contributed by atoms with Gasteiger partial charge in [0.15, 0.2) is 0 Å². The van der Waals surface area contributed by atoms with Crippen LogP contribution in [-0.4, -0.2) is 28.9 Å². The lowest BCUT2D eigenvalue weighted by molar-refractivity contribution is -0.132. The van der Waals surface area contributed by atoms with Gasteiger partial charge in [-0.05, 0) is 30.3 Å². The Labute approximate surface area is 145 Å². The molecule has 4 rings (SSSR count). The number of rotatable bonds is 4. The van der Waals surface area contributed by atoms with Crippen LogP contribution in [0, 0.1) is 5.82 Å². The maximum absolute atomic E-state index is 13.4. The Morgan fingerprint density at radius 3 is 2.88 bits per heavy atom. The molecule has 128 valence electrons. The molecule has 0 bridgehead atoms. The zero-order valence-electron chi connectivity index (χ0n) is 13.8. The Bertz CT molecular complexity index is 905. The third-order valence-electron chi connectivity index (χ3n) is 4.62. The van der Waals surface area contributed by atoms with Crippen molar-refractivity contribution in [3.63, 3.8) is 0 Å². The van der Waals surface area contributed by atoms with Gasteiger partial charge in [-0.25, -0.2) is 4.39 Å². The summed E-state index contributed by atoms with van der Waals surface area (Å²) in [5, 5.41) is 0.995. The summed E-state index contributed by atoms with van der Waals surface area (Å²) in [6.45, 7) is 1.60. The van der Waals surface area contributed by atoms with Gasteiger partial charge >= 0.3 is 0 Å². The van der Waals surface area contributed by atoms with Gasteiger partial charge in [0.25, 0.3) is 0 Å². The molecule has 5 heteroatoms. The summed E-state index contributed by atoms with van der Waals surface area (Å²) >= 11 is 0. The van der Waals surface area contributed by atoms with Crippen LogP contribution >= 0.6 is 0 Å². The maximum Gasteiger partial charge on any atom is 0.226 e. The van der Waals surface area contributed by atoms with Gasteiger partial charge in [-0.3, -0.25) is 4.79 Å². The smallest absolute Gasteiger partial charge is 0.226 e. The van der Waals surface area contributed by atoms with Crippen molar-refractivity contribution in [3.8, 4) is 5.75 Å². The first-order valence-electron chi connectivity index (χ1n) is 8.45. The molecular weight excluding hydrogens is 319 g/mol. The normalized spacial score (nSPS) is 13.7. The summed E-state index contributed by atoms with van der Waals surface area (Å²) in [5.74, 6) is 0.602. The van der Waals surface area contributed by atoms with E-state index in [-0.39, 0.29) is 11.7 Å². The van der Waals surface area contributed by atoms with Gasteiger partial charge < -0.3 is 14.6 Å². The van der Waals surface area contributed by atoms with Crippen molar-refractivity contribution in [3.05, 3.63) is 65.6 Å². The number of aromatic amines is 1. The highest BCUT2D eigenvalue weighted by Gasteiger charge is 2.24. The first-order chi connectivity index (χ1) is 12.2. The van der Waals surface area contributed by atoms with Crippen LogP contribution in [0.25, 0.3) is 10.9 Å². The Kier molecular flexibility index (Phi) is 4.14. The number of nitrogens with zero attached hydrogens (tertiary/aromatic N) is 1. The number of hydrogen-bond acceptors (Lipinski definition) is 2. The van der Waals surface area contributed by atoms with Crippen molar-refractivity contribution < 1.29 is 13.9 Å². The van der Waals surface area contributed by atoms with Crippen molar-refractivity contribution in [1.29, 1.82) is 0 Å². The first-order valence-corrected chi connectivity index (χ1v) is 8.45. The van der Waals surface area contributed by atoms with Crippen molar-refractivity contribution >= 4 is 16.8 Å². The topological polar surface area (TPSA) is 45.3 Å². The van der Waals surface area contributed by atoms with E-state index in [2.05, 4.69) is 4.98 Å². The van der Waals surface area contributed by atoms with Gasteiger partial charge in [-0.15, -0.1) is 0 Å². The lowest BCUT2D eigenvalue weighted by Crippen LogP contribution is -2.36.